The zero-order valence-electron chi connectivity index (χ0n) is 6.47. The lowest BCUT2D eigenvalue weighted by Gasteiger charge is -2.43. The Morgan fingerprint density at radius 2 is 1.73 bits per heavy atom. The fourth-order valence-electron chi connectivity index (χ4n) is 2.00. The van der Waals surface area contributed by atoms with Crippen molar-refractivity contribution in [2.24, 2.45) is 0 Å². The van der Waals surface area contributed by atoms with Gasteiger partial charge >= 0.3 is 0 Å². The predicted octanol–water partition coefficient (Wildman–Crippen LogP) is -0.0729. The molecule has 64 valence electrons. The largest absolute Gasteiger partial charge is 0.317 e. The van der Waals surface area contributed by atoms with Gasteiger partial charge in [-0.05, 0) is 32.4 Å². The molecule has 0 unspecified atom stereocenters. The molecule has 2 rings (SSSR count). The highest BCUT2D eigenvalue weighted by atomic mass is 32.2. The Balaban J connectivity index is 2.22. The van der Waals surface area contributed by atoms with Gasteiger partial charge in [0.1, 0.15) is 0 Å². The van der Waals surface area contributed by atoms with Crippen molar-refractivity contribution in [3.63, 3.8) is 0 Å². The van der Waals surface area contributed by atoms with E-state index in [1.54, 1.807) is 0 Å². The number of rotatable bonds is 0. The van der Waals surface area contributed by atoms with Crippen LogP contribution in [0.15, 0.2) is 0 Å². The van der Waals surface area contributed by atoms with E-state index in [1.165, 1.54) is 0 Å². The van der Waals surface area contributed by atoms with E-state index < -0.39 is 9.84 Å². The molecule has 0 bridgehead atoms. The zero-order chi connectivity index (χ0) is 7.95. The van der Waals surface area contributed by atoms with E-state index in [9.17, 15) is 8.42 Å². The number of hydrogen-bond acceptors (Lipinski definition) is 3. The maximum atomic E-state index is 11.4. The molecule has 2 saturated heterocycles. The molecule has 2 aliphatic heterocycles. The maximum absolute atomic E-state index is 11.4. The molecule has 3 nitrogen and oxygen atoms in total. The van der Waals surface area contributed by atoms with Crippen LogP contribution in [-0.2, 0) is 9.84 Å². The molecule has 4 heteroatoms. The molecular weight excluding hydrogens is 162 g/mol. The highest BCUT2D eigenvalue weighted by Gasteiger charge is 2.51. The third kappa shape index (κ3) is 0.924. The van der Waals surface area contributed by atoms with Crippen molar-refractivity contribution in [3.05, 3.63) is 0 Å². The van der Waals surface area contributed by atoms with E-state index in [-0.39, 0.29) is 4.75 Å². The first-order valence-electron chi connectivity index (χ1n) is 4.09. The summed E-state index contributed by atoms with van der Waals surface area (Å²) >= 11 is 0. The molecule has 1 spiro atoms. The van der Waals surface area contributed by atoms with Crippen molar-refractivity contribution in [2.75, 3.05) is 18.8 Å². The monoisotopic (exact) mass is 175 g/mol. The molecule has 11 heavy (non-hydrogen) atoms. The van der Waals surface area contributed by atoms with E-state index in [4.69, 9.17) is 0 Å². The number of hydrogen-bond donors (Lipinski definition) is 1. The van der Waals surface area contributed by atoms with Crippen molar-refractivity contribution < 1.29 is 8.42 Å². The summed E-state index contributed by atoms with van der Waals surface area (Å²) in [6.45, 7) is 1.75. The molecule has 0 amide bonds. The first-order chi connectivity index (χ1) is 5.16. The Kier molecular flexibility index (Phi) is 1.51. The lowest BCUT2D eigenvalue weighted by atomic mass is 9.93. The Morgan fingerprint density at radius 3 is 2.00 bits per heavy atom. The van der Waals surface area contributed by atoms with Gasteiger partial charge in [0.15, 0.2) is 9.84 Å². The van der Waals surface area contributed by atoms with Crippen LogP contribution in [0.2, 0.25) is 0 Å². The molecule has 0 aliphatic carbocycles. The second kappa shape index (κ2) is 2.20. The van der Waals surface area contributed by atoms with Crippen LogP contribution in [0.1, 0.15) is 19.3 Å². The van der Waals surface area contributed by atoms with Crippen LogP contribution < -0.4 is 5.32 Å². The number of piperidine rings is 1. The van der Waals surface area contributed by atoms with E-state index in [0.29, 0.717) is 5.75 Å². The molecule has 0 aromatic rings. The van der Waals surface area contributed by atoms with Crippen LogP contribution >= 0.6 is 0 Å². The second-order valence-corrected chi connectivity index (χ2v) is 6.01. The lowest BCUT2D eigenvalue weighted by Crippen LogP contribution is -2.56. The van der Waals surface area contributed by atoms with Gasteiger partial charge in [0.05, 0.1) is 10.5 Å². The summed E-state index contributed by atoms with van der Waals surface area (Å²) in [5, 5.41) is 3.18. The van der Waals surface area contributed by atoms with Crippen LogP contribution in [0, 0.1) is 0 Å². The predicted molar refractivity (Wildman–Crippen MR) is 43.2 cm³/mol. The smallest absolute Gasteiger partial charge is 0.156 e. The molecule has 0 aromatic heterocycles. The van der Waals surface area contributed by atoms with Gasteiger partial charge < -0.3 is 5.32 Å². The molecule has 1 N–H and O–H groups in total. The van der Waals surface area contributed by atoms with Crippen molar-refractivity contribution in [1.29, 1.82) is 0 Å². The molecular formula is C7H13NO2S. The summed E-state index contributed by atoms with van der Waals surface area (Å²) < 4.78 is 22.4. The molecule has 0 saturated carbocycles. The highest BCUT2D eigenvalue weighted by Crippen LogP contribution is 2.40. The third-order valence-electron chi connectivity index (χ3n) is 3.00. The standard InChI is InChI=1S/C7H13NO2S/c9-11(10)6-3-7(11)1-4-8-5-2-7/h8H,1-6H2. The average Bonchev–Trinajstić information content (AvgIpc) is 2.04. The summed E-state index contributed by atoms with van der Waals surface area (Å²) in [7, 11) is -2.68. The summed E-state index contributed by atoms with van der Waals surface area (Å²) in [5.41, 5.74) is 0. The Hall–Kier alpha value is -0.0900. The summed E-state index contributed by atoms with van der Waals surface area (Å²) in [4.78, 5) is 0. The van der Waals surface area contributed by atoms with Crippen molar-refractivity contribution in [3.8, 4) is 0 Å². The van der Waals surface area contributed by atoms with Crippen LogP contribution in [0.25, 0.3) is 0 Å². The quantitative estimate of drug-likeness (QED) is 0.560. The average molecular weight is 175 g/mol. The minimum Gasteiger partial charge on any atom is -0.317 e. The van der Waals surface area contributed by atoms with Gasteiger partial charge in [-0.15, -0.1) is 0 Å². The Morgan fingerprint density at radius 1 is 1.09 bits per heavy atom. The first-order valence-corrected chi connectivity index (χ1v) is 5.75. The van der Waals surface area contributed by atoms with Crippen LogP contribution in [0.4, 0.5) is 0 Å². The fraction of sp³-hybridized carbons (Fsp3) is 1.00. The number of sulfone groups is 1. The van der Waals surface area contributed by atoms with Gasteiger partial charge in [0.25, 0.3) is 0 Å². The van der Waals surface area contributed by atoms with Gasteiger partial charge in [-0.3, -0.25) is 0 Å². The van der Waals surface area contributed by atoms with Gasteiger partial charge in [-0.2, -0.15) is 0 Å². The van der Waals surface area contributed by atoms with Crippen molar-refractivity contribution in [1.82, 2.24) is 5.32 Å². The van der Waals surface area contributed by atoms with E-state index >= 15 is 0 Å². The molecule has 0 aromatic carbocycles. The van der Waals surface area contributed by atoms with Crippen LogP contribution in [0.5, 0.6) is 0 Å². The fourth-order valence-corrected chi connectivity index (χ4v) is 3.94. The maximum Gasteiger partial charge on any atom is 0.156 e. The molecule has 2 heterocycles. The van der Waals surface area contributed by atoms with Gasteiger partial charge in [-0.25, -0.2) is 8.42 Å². The lowest BCUT2D eigenvalue weighted by molar-refractivity contribution is 0.350. The molecule has 2 fully saturated rings. The third-order valence-corrected chi connectivity index (χ3v) is 5.67. The minimum atomic E-state index is -2.68. The SMILES string of the molecule is O=S1(=O)CCC12CCNCC2. The van der Waals surface area contributed by atoms with Crippen LogP contribution in [-0.4, -0.2) is 32.0 Å². The van der Waals surface area contributed by atoms with Crippen molar-refractivity contribution in [2.45, 2.75) is 24.0 Å². The molecule has 2 aliphatic rings. The van der Waals surface area contributed by atoms with E-state index in [1.807, 2.05) is 0 Å². The minimum absolute atomic E-state index is 0.293. The topological polar surface area (TPSA) is 46.2 Å². The zero-order valence-corrected chi connectivity index (χ0v) is 7.28. The summed E-state index contributed by atoms with van der Waals surface area (Å²) in [6, 6.07) is 0. The molecule has 0 atom stereocenters. The number of nitrogens with one attached hydrogen (secondary N) is 1. The Bertz CT molecular complexity index is 252. The molecule has 0 radical (unpaired) electrons. The summed E-state index contributed by atoms with van der Waals surface area (Å²) in [5.74, 6) is 0.424. The first kappa shape index (κ1) is 7.55. The van der Waals surface area contributed by atoms with E-state index in [2.05, 4.69) is 5.32 Å². The van der Waals surface area contributed by atoms with Gasteiger partial charge in [0.2, 0.25) is 0 Å². The van der Waals surface area contributed by atoms with Crippen molar-refractivity contribution >= 4 is 9.84 Å². The highest BCUT2D eigenvalue weighted by molar-refractivity contribution is 7.94. The van der Waals surface area contributed by atoms with Gasteiger partial charge in [0, 0.05) is 0 Å². The van der Waals surface area contributed by atoms with Crippen LogP contribution in [0.3, 0.4) is 0 Å². The summed E-state index contributed by atoms with van der Waals surface area (Å²) in [6.07, 6.45) is 2.56. The van der Waals surface area contributed by atoms with Gasteiger partial charge in [-0.1, -0.05) is 0 Å². The second-order valence-electron chi connectivity index (χ2n) is 3.50. The Labute approximate surface area is 67.1 Å². The van der Waals surface area contributed by atoms with E-state index in [0.717, 1.165) is 32.4 Å². The normalized spacial score (nSPS) is 33.1.